The van der Waals surface area contributed by atoms with Crippen LogP contribution in [0.3, 0.4) is 0 Å². The van der Waals surface area contributed by atoms with Crippen LogP contribution < -0.4 is 9.47 Å². The maximum Gasteiger partial charge on any atom is 0.293 e. The lowest BCUT2D eigenvalue weighted by molar-refractivity contribution is -0.123. The van der Waals surface area contributed by atoms with E-state index in [-0.39, 0.29) is 24.3 Å². The lowest BCUT2D eigenvalue weighted by Crippen LogP contribution is -2.32. The first-order valence-electron chi connectivity index (χ1n) is 11.5. The van der Waals surface area contributed by atoms with Crippen LogP contribution in [0.15, 0.2) is 89.8 Å². The highest BCUT2D eigenvalue weighted by atomic mass is 35.5. The third-order valence-corrected chi connectivity index (χ3v) is 7.20. The number of thioether (sulfide) groups is 1. The summed E-state index contributed by atoms with van der Waals surface area (Å²) in [6, 6.07) is 26.1. The molecular formula is C29H21Cl2NO4S. The smallest absolute Gasteiger partial charge is 0.293 e. The zero-order valence-corrected chi connectivity index (χ0v) is 21.9. The first-order chi connectivity index (χ1) is 18.0. The molecule has 37 heavy (non-hydrogen) atoms. The molecule has 0 N–H and O–H groups in total. The molecule has 0 aromatic heterocycles. The minimum Gasteiger partial charge on any atom is -0.492 e. The quantitative estimate of drug-likeness (QED) is 0.209. The fourth-order valence-electron chi connectivity index (χ4n) is 3.90. The van der Waals surface area contributed by atoms with Crippen molar-refractivity contribution in [3.8, 4) is 11.5 Å². The third kappa shape index (κ3) is 5.93. The van der Waals surface area contributed by atoms with Crippen molar-refractivity contribution in [3.63, 3.8) is 0 Å². The molecule has 4 aromatic carbocycles. The molecule has 2 amide bonds. The number of hydrogen-bond acceptors (Lipinski definition) is 5. The van der Waals surface area contributed by atoms with Crippen molar-refractivity contribution in [2.75, 3.05) is 13.2 Å². The molecule has 0 spiro atoms. The standard InChI is InChI=1S/C29H21Cl2NO4S/c30-21-8-5-19(6-9-21)18-36-26-14-7-20-3-1-2-4-24(20)25(26)17-27-28(33)32(29(34)37-27)15-16-35-23-12-10-22(31)11-13-23/h1-14,17H,15-16,18H2/b27-17-. The number of fused-ring (bicyclic) bond motifs is 1. The summed E-state index contributed by atoms with van der Waals surface area (Å²) in [5.74, 6) is 0.878. The van der Waals surface area contributed by atoms with Crippen LogP contribution in [0.25, 0.3) is 16.8 Å². The predicted molar refractivity (Wildman–Crippen MR) is 149 cm³/mol. The molecule has 0 unspecified atom stereocenters. The average Bonchev–Trinajstić information content (AvgIpc) is 3.17. The Morgan fingerprint density at radius 3 is 2.27 bits per heavy atom. The molecule has 4 aromatic rings. The monoisotopic (exact) mass is 549 g/mol. The Labute approximate surface area is 228 Å². The van der Waals surface area contributed by atoms with Crippen LogP contribution in [-0.2, 0) is 11.4 Å². The second kappa shape index (κ2) is 11.3. The van der Waals surface area contributed by atoms with Gasteiger partial charge in [-0.15, -0.1) is 0 Å². The van der Waals surface area contributed by atoms with E-state index < -0.39 is 0 Å². The van der Waals surface area contributed by atoms with Crippen molar-refractivity contribution in [1.82, 2.24) is 4.90 Å². The van der Waals surface area contributed by atoms with Crippen molar-refractivity contribution in [2.24, 2.45) is 0 Å². The van der Waals surface area contributed by atoms with E-state index >= 15 is 0 Å². The summed E-state index contributed by atoms with van der Waals surface area (Å²) in [7, 11) is 0. The number of carbonyl (C=O) groups excluding carboxylic acids is 2. The number of rotatable bonds is 8. The Hall–Kier alpha value is -3.45. The summed E-state index contributed by atoms with van der Waals surface area (Å²) in [5.41, 5.74) is 1.71. The highest BCUT2D eigenvalue weighted by molar-refractivity contribution is 8.18. The second-order valence-electron chi connectivity index (χ2n) is 8.25. The molecule has 1 saturated heterocycles. The Bertz CT molecular complexity index is 1490. The van der Waals surface area contributed by atoms with Crippen LogP contribution in [-0.4, -0.2) is 29.2 Å². The average molecular weight is 550 g/mol. The molecule has 0 radical (unpaired) electrons. The van der Waals surface area contributed by atoms with E-state index in [1.807, 2.05) is 60.7 Å². The molecule has 1 aliphatic heterocycles. The van der Waals surface area contributed by atoms with E-state index in [1.54, 1.807) is 30.3 Å². The Morgan fingerprint density at radius 2 is 1.51 bits per heavy atom. The van der Waals surface area contributed by atoms with Crippen LogP contribution >= 0.6 is 35.0 Å². The fourth-order valence-corrected chi connectivity index (χ4v) is 5.00. The third-order valence-electron chi connectivity index (χ3n) is 5.78. The summed E-state index contributed by atoms with van der Waals surface area (Å²) >= 11 is 12.8. The molecule has 0 atom stereocenters. The van der Waals surface area contributed by atoms with Crippen molar-refractivity contribution in [1.29, 1.82) is 0 Å². The molecular weight excluding hydrogens is 529 g/mol. The maximum absolute atomic E-state index is 13.2. The van der Waals surface area contributed by atoms with E-state index in [0.717, 1.165) is 33.7 Å². The van der Waals surface area contributed by atoms with E-state index in [0.29, 0.717) is 33.1 Å². The van der Waals surface area contributed by atoms with Gasteiger partial charge in [-0.3, -0.25) is 14.5 Å². The summed E-state index contributed by atoms with van der Waals surface area (Å²) in [6.45, 7) is 0.649. The maximum atomic E-state index is 13.2. The number of benzene rings is 4. The van der Waals surface area contributed by atoms with Crippen molar-refractivity contribution < 1.29 is 19.1 Å². The lowest BCUT2D eigenvalue weighted by Gasteiger charge is -2.14. The minimum absolute atomic E-state index is 0.139. The number of carbonyl (C=O) groups is 2. The zero-order valence-electron chi connectivity index (χ0n) is 19.5. The first-order valence-corrected chi connectivity index (χ1v) is 13.1. The van der Waals surface area contributed by atoms with E-state index in [9.17, 15) is 9.59 Å². The van der Waals surface area contributed by atoms with Gasteiger partial charge in [0.1, 0.15) is 24.7 Å². The van der Waals surface area contributed by atoms with Gasteiger partial charge in [0.2, 0.25) is 0 Å². The predicted octanol–water partition coefficient (Wildman–Crippen LogP) is 7.84. The van der Waals surface area contributed by atoms with Crippen LogP contribution in [0.5, 0.6) is 11.5 Å². The van der Waals surface area contributed by atoms with E-state index in [4.69, 9.17) is 32.7 Å². The van der Waals surface area contributed by atoms with Gasteiger partial charge < -0.3 is 9.47 Å². The number of hydrogen-bond donors (Lipinski definition) is 0. The van der Waals surface area contributed by atoms with Gasteiger partial charge in [0.25, 0.3) is 11.1 Å². The van der Waals surface area contributed by atoms with Gasteiger partial charge >= 0.3 is 0 Å². The molecule has 1 fully saturated rings. The molecule has 1 aliphatic rings. The van der Waals surface area contributed by atoms with Gasteiger partial charge in [-0.25, -0.2) is 0 Å². The van der Waals surface area contributed by atoms with Crippen molar-refractivity contribution >= 4 is 63.0 Å². The van der Waals surface area contributed by atoms with Gasteiger partial charge in [0.15, 0.2) is 0 Å². The van der Waals surface area contributed by atoms with Crippen LogP contribution in [0.4, 0.5) is 4.79 Å². The van der Waals surface area contributed by atoms with Crippen molar-refractivity contribution in [2.45, 2.75) is 6.61 Å². The van der Waals surface area contributed by atoms with Gasteiger partial charge in [-0.05, 0) is 76.6 Å². The molecule has 0 saturated carbocycles. The number of ether oxygens (including phenoxy) is 2. The SMILES string of the molecule is O=C1S/C(=C\c2c(OCc3ccc(Cl)cc3)ccc3ccccc23)C(=O)N1CCOc1ccc(Cl)cc1. The number of nitrogens with zero attached hydrogens (tertiary/aromatic N) is 1. The zero-order chi connectivity index (χ0) is 25.8. The van der Waals surface area contributed by atoms with Gasteiger partial charge in [-0.2, -0.15) is 0 Å². The first kappa shape index (κ1) is 25.2. The number of halogens is 2. The van der Waals surface area contributed by atoms with Crippen molar-refractivity contribution in [3.05, 3.63) is 111 Å². The van der Waals surface area contributed by atoms with Gasteiger partial charge in [0.05, 0.1) is 11.4 Å². The number of imide groups is 1. The number of amides is 2. The van der Waals surface area contributed by atoms with Gasteiger partial charge in [-0.1, -0.05) is 65.7 Å². The van der Waals surface area contributed by atoms with Crippen LogP contribution in [0.1, 0.15) is 11.1 Å². The highest BCUT2D eigenvalue weighted by Crippen LogP contribution is 2.37. The second-order valence-corrected chi connectivity index (χ2v) is 10.1. The van der Waals surface area contributed by atoms with Crippen LogP contribution in [0.2, 0.25) is 10.0 Å². The Balaban J connectivity index is 1.36. The Morgan fingerprint density at radius 1 is 0.811 bits per heavy atom. The molecule has 5 rings (SSSR count). The molecule has 186 valence electrons. The normalized spacial score (nSPS) is 14.5. The topological polar surface area (TPSA) is 55.8 Å². The van der Waals surface area contributed by atoms with Crippen LogP contribution in [0, 0.1) is 0 Å². The minimum atomic E-state index is -0.355. The fraction of sp³-hybridized carbons (Fsp3) is 0.103. The molecule has 5 nitrogen and oxygen atoms in total. The van der Waals surface area contributed by atoms with Gasteiger partial charge in [0, 0.05) is 15.6 Å². The Kier molecular flexibility index (Phi) is 7.70. The summed E-state index contributed by atoms with van der Waals surface area (Å²) < 4.78 is 11.8. The highest BCUT2D eigenvalue weighted by Gasteiger charge is 2.35. The summed E-state index contributed by atoms with van der Waals surface area (Å²) in [5, 5.41) is 2.86. The molecule has 8 heteroatoms. The molecule has 0 bridgehead atoms. The molecule has 1 heterocycles. The van der Waals surface area contributed by atoms with E-state index in [2.05, 4.69) is 0 Å². The molecule has 0 aliphatic carbocycles. The summed E-state index contributed by atoms with van der Waals surface area (Å²) in [6.07, 6.45) is 1.74. The summed E-state index contributed by atoms with van der Waals surface area (Å²) in [4.78, 5) is 27.4. The largest absolute Gasteiger partial charge is 0.492 e. The van der Waals surface area contributed by atoms with E-state index in [1.165, 1.54) is 4.90 Å². The lowest BCUT2D eigenvalue weighted by atomic mass is 10.0.